The Hall–Kier alpha value is -0.530. The van der Waals surface area contributed by atoms with Crippen LogP contribution in [0.25, 0.3) is 0 Å². The van der Waals surface area contributed by atoms with Crippen molar-refractivity contribution in [3.8, 4) is 0 Å². The third kappa shape index (κ3) is 3.08. The summed E-state index contributed by atoms with van der Waals surface area (Å²) in [6, 6.07) is 0. The smallest absolute Gasteiger partial charge is 0.303 e. The van der Waals surface area contributed by atoms with Gasteiger partial charge in [0.15, 0.2) is 0 Å². The van der Waals surface area contributed by atoms with Gasteiger partial charge in [-0.1, -0.05) is 40.5 Å². The molecule has 4 rings (SSSR count). The van der Waals surface area contributed by atoms with Crippen LogP contribution >= 0.6 is 0 Å². The minimum absolute atomic E-state index is 0.348. The van der Waals surface area contributed by atoms with Gasteiger partial charge >= 0.3 is 5.97 Å². The van der Waals surface area contributed by atoms with Crippen LogP contribution in [0.4, 0.5) is 0 Å². The van der Waals surface area contributed by atoms with Crippen molar-refractivity contribution in [2.45, 2.75) is 98.3 Å². The van der Waals surface area contributed by atoms with Crippen LogP contribution in [-0.4, -0.2) is 11.1 Å². The van der Waals surface area contributed by atoms with E-state index in [2.05, 4.69) is 27.7 Å². The molecule has 0 aromatic heterocycles. The zero-order valence-electron chi connectivity index (χ0n) is 18.2. The van der Waals surface area contributed by atoms with Crippen LogP contribution in [0.2, 0.25) is 0 Å². The molecule has 27 heavy (non-hydrogen) atoms. The zero-order chi connectivity index (χ0) is 19.4. The average molecular weight is 375 g/mol. The fourth-order valence-electron chi connectivity index (χ4n) is 9.34. The second kappa shape index (κ2) is 7.06. The van der Waals surface area contributed by atoms with Crippen LogP contribution in [-0.2, 0) is 4.79 Å². The van der Waals surface area contributed by atoms with E-state index in [4.69, 9.17) is 5.11 Å². The summed E-state index contributed by atoms with van der Waals surface area (Å²) in [5, 5.41) is 9.12. The minimum atomic E-state index is -0.623. The van der Waals surface area contributed by atoms with Crippen molar-refractivity contribution in [3.05, 3.63) is 0 Å². The van der Waals surface area contributed by atoms with Gasteiger partial charge in [0.05, 0.1) is 0 Å². The first-order chi connectivity index (χ1) is 12.8. The maximum absolute atomic E-state index is 11.1. The lowest BCUT2D eigenvalue weighted by Crippen LogP contribution is -2.55. The lowest BCUT2D eigenvalue weighted by molar-refractivity contribution is -0.139. The zero-order valence-corrected chi connectivity index (χ0v) is 18.2. The maximum atomic E-state index is 11.1. The molecule has 6 unspecified atom stereocenters. The van der Waals surface area contributed by atoms with E-state index in [-0.39, 0.29) is 0 Å². The van der Waals surface area contributed by atoms with E-state index in [1.165, 1.54) is 57.8 Å². The predicted molar refractivity (Wildman–Crippen MR) is 110 cm³/mol. The SMILES string of the molecule is CC(CCC(=O)O)C1CC[C@H]2C3C[C@H](C)C4CCCCC4(C)[C@H]3CCC12C. The summed E-state index contributed by atoms with van der Waals surface area (Å²) in [7, 11) is 0. The molecule has 2 heteroatoms. The van der Waals surface area contributed by atoms with Crippen LogP contribution in [0, 0.1) is 52.3 Å². The normalized spacial score (nSPS) is 50.4. The molecule has 0 aromatic carbocycles. The number of rotatable bonds is 4. The Morgan fingerprint density at radius 1 is 1.00 bits per heavy atom. The van der Waals surface area contributed by atoms with Gasteiger partial charge in [0.1, 0.15) is 0 Å². The Bertz CT molecular complexity index is 571. The van der Waals surface area contributed by atoms with Crippen molar-refractivity contribution >= 4 is 5.97 Å². The monoisotopic (exact) mass is 374 g/mol. The van der Waals surface area contributed by atoms with Gasteiger partial charge in [-0.15, -0.1) is 0 Å². The summed E-state index contributed by atoms with van der Waals surface area (Å²) >= 11 is 0. The number of carboxylic acids is 1. The molecule has 0 aromatic rings. The summed E-state index contributed by atoms with van der Waals surface area (Å²) in [4.78, 5) is 11.1. The molecule has 0 aliphatic heterocycles. The summed E-state index contributed by atoms with van der Waals surface area (Å²) in [6.45, 7) is 10.2. The standard InChI is InChI=1S/C25H42O2/c1-16(8-11-23(26)27)20-9-10-21-18-15-17(2)19-7-5-6-13-24(19,3)22(18)12-14-25(20,21)4/h16-22H,5-15H2,1-4H3,(H,26,27)/t16?,17-,18?,19?,20?,21-,22-,24?,25?/m0/s1. The minimum Gasteiger partial charge on any atom is -0.481 e. The second-order valence-electron chi connectivity index (χ2n) is 11.6. The molecule has 4 aliphatic carbocycles. The van der Waals surface area contributed by atoms with Crippen LogP contribution in [0.5, 0.6) is 0 Å². The quantitative estimate of drug-likeness (QED) is 0.588. The maximum Gasteiger partial charge on any atom is 0.303 e. The Balaban J connectivity index is 1.55. The molecule has 154 valence electrons. The first kappa shape index (κ1) is 19.8. The number of hydrogen-bond donors (Lipinski definition) is 1. The lowest BCUT2D eigenvalue weighted by atomic mass is 9.43. The highest BCUT2D eigenvalue weighted by Gasteiger charge is 2.61. The Morgan fingerprint density at radius 2 is 1.74 bits per heavy atom. The first-order valence-electron chi connectivity index (χ1n) is 12.0. The number of fused-ring (bicyclic) bond motifs is 5. The van der Waals surface area contributed by atoms with Crippen LogP contribution in [0.15, 0.2) is 0 Å². The molecule has 0 amide bonds. The van der Waals surface area contributed by atoms with Crippen LogP contribution in [0.1, 0.15) is 98.3 Å². The van der Waals surface area contributed by atoms with E-state index >= 15 is 0 Å². The van der Waals surface area contributed by atoms with Gasteiger partial charge in [-0.25, -0.2) is 0 Å². The third-order valence-electron chi connectivity index (χ3n) is 10.5. The molecule has 0 radical (unpaired) electrons. The summed E-state index contributed by atoms with van der Waals surface area (Å²) < 4.78 is 0. The molecule has 0 spiro atoms. The molecule has 0 bridgehead atoms. The predicted octanol–water partition coefficient (Wildman–Crippen LogP) is 6.78. The van der Waals surface area contributed by atoms with Crippen LogP contribution in [0.3, 0.4) is 0 Å². The highest BCUT2D eigenvalue weighted by atomic mass is 16.4. The summed E-state index contributed by atoms with van der Waals surface area (Å²) in [5.41, 5.74) is 1.07. The van der Waals surface area contributed by atoms with Crippen molar-refractivity contribution in [2.24, 2.45) is 52.3 Å². The average Bonchev–Trinajstić information content (AvgIpc) is 2.97. The Labute approximate surface area is 166 Å². The lowest BCUT2D eigenvalue weighted by Gasteiger charge is -2.62. The second-order valence-corrected chi connectivity index (χ2v) is 11.6. The number of aliphatic carboxylic acids is 1. The highest BCUT2D eigenvalue weighted by Crippen LogP contribution is 2.69. The van der Waals surface area contributed by atoms with Gasteiger partial charge in [-0.2, -0.15) is 0 Å². The highest BCUT2D eigenvalue weighted by molar-refractivity contribution is 5.66. The van der Waals surface area contributed by atoms with Gasteiger partial charge in [0.2, 0.25) is 0 Å². The molecule has 4 fully saturated rings. The fraction of sp³-hybridized carbons (Fsp3) is 0.960. The first-order valence-corrected chi connectivity index (χ1v) is 12.0. The summed E-state index contributed by atoms with van der Waals surface area (Å²) in [6.07, 6.45) is 14.2. The van der Waals surface area contributed by atoms with Crippen LogP contribution < -0.4 is 0 Å². The number of carboxylic acid groups (broad SMARTS) is 1. The Kier molecular flexibility index (Phi) is 5.17. The van der Waals surface area contributed by atoms with E-state index in [9.17, 15) is 4.79 Å². The van der Waals surface area contributed by atoms with Crippen molar-refractivity contribution < 1.29 is 9.90 Å². The molecule has 2 nitrogen and oxygen atoms in total. The van der Waals surface area contributed by atoms with Gasteiger partial charge < -0.3 is 5.11 Å². The summed E-state index contributed by atoms with van der Waals surface area (Å²) in [5.74, 6) is 5.37. The molecule has 0 saturated heterocycles. The van der Waals surface area contributed by atoms with Crippen molar-refractivity contribution in [1.29, 1.82) is 0 Å². The molecule has 4 aliphatic rings. The van der Waals surface area contributed by atoms with Crippen molar-refractivity contribution in [1.82, 2.24) is 0 Å². The van der Waals surface area contributed by atoms with Crippen molar-refractivity contribution in [3.63, 3.8) is 0 Å². The molecular formula is C25H42O2. The molecular weight excluding hydrogens is 332 g/mol. The van der Waals surface area contributed by atoms with E-state index in [0.29, 0.717) is 23.2 Å². The third-order valence-corrected chi connectivity index (χ3v) is 10.5. The van der Waals surface area contributed by atoms with E-state index in [1.54, 1.807) is 0 Å². The number of hydrogen-bond acceptors (Lipinski definition) is 1. The van der Waals surface area contributed by atoms with Gasteiger partial charge in [-0.05, 0) is 104 Å². The van der Waals surface area contributed by atoms with Gasteiger partial charge in [0.25, 0.3) is 0 Å². The molecule has 9 atom stereocenters. The van der Waals surface area contributed by atoms with E-state index in [1.807, 2.05) is 0 Å². The van der Waals surface area contributed by atoms with Gasteiger partial charge in [0, 0.05) is 6.42 Å². The van der Waals surface area contributed by atoms with E-state index < -0.39 is 5.97 Å². The topological polar surface area (TPSA) is 37.3 Å². The molecule has 0 heterocycles. The number of carbonyl (C=O) groups is 1. The fourth-order valence-corrected chi connectivity index (χ4v) is 9.34. The largest absolute Gasteiger partial charge is 0.481 e. The van der Waals surface area contributed by atoms with Crippen molar-refractivity contribution in [2.75, 3.05) is 0 Å². The Morgan fingerprint density at radius 3 is 2.48 bits per heavy atom. The van der Waals surface area contributed by atoms with E-state index in [0.717, 1.165) is 41.9 Å². The molecule has 1 N–H and O–H groups in total. The molecule has 4 saturated carbocycles. The van der Waals surface area contributed by atoms with Gasteiger partial charge in [-0.3, -0.25) is 4.79 Å².